The number of ether oxygens (including phenoxy) is 1. The molecule has 110 valence electrons. The minimum atomic E-state index is -3.57. The molecule has 2 aromatic heterocycles. The second-order valence-electron chi connectivity index (χ2n) is 4.77. The van der Waals surface area contributed by atoms with Crippen LogP contribution in [-0.4, -0.2) is 9.97 Å². The fourth-order valence-electron chi connectivity index (χ4n) is 2.23. The fourth-order valence-corrected chi connectivity index (χ4v) is 2.23. The molecule has 6 heteroatoms. The third-order valence-corrected chi connectivity index (χ3v) is 3.28. The van der Waals surface area contributed by atoms with Crippen molar-refractivity contribution in [3.05, 3.63) is 58.5 Å². The third-order valence-electron chi connectivity index (χ3n) is 3.28. The van der Waals surface area contributed by atoms with Crippen LogP contribution in [0.25, 0.3) is 11.8 Å². The Kier molecular flexibility index (Phi) is 3.55. The van der Waals surface area contributed by atoms with Crippen molar-refractivity contribution < 1.29 is 13.5 Å². The number of nitriles is 1. The van der Waals surface area contributed by atoms with Gasteiger partial charge in [-0.15, -0.1) is 0 Å². The second-order valence-corrected chi connectivity index (χ2v) is 4.77. The van der Waals surface area contributed by atoms with E-state index in [0.717, 1.165) is 17.5 Å². The highest BCUT2D eigenvalue weighted by Gasteiger charge is 2.37. The maximum Gasteiger partial charge on any atom is 0.443 e. The van der Waals surface area contributed by atoms with Gasteiger partial charge in [-0.2, -0.15) is 14.0 Å². The topological polar surface area (TPSA) is 58.8 Å². The number of fused-ring (bicyclic) bond motifs is 1. The SMILES string of the molecule is N#Cc1ccc(C(F)(F)OC2=c3ncccc3=CCC2)nc1. The van der Waals surface area contributed by atoms with E-state index in [-0.39, 0.29) is 11.3 Å². The number of hydrogen-bond donors (Lipinski definition) is 0. The molecule has 1 aliphatic rings. The Morgan fingerprint density at radius 2 is 2.09 bits per heavy atom. The van der Waals surface area contributed by atoms with Crippen LogP contribution in [0.3, 0.4) is 0 Å². The van der Waals surface area contributed by atoms with Crippen LogP contribution in [0.1, 0.15) is 24.1 Å². The molecule has 0 saturated heterocycles. The van der Waals surface area contributed by atoms with Gasteiger partial charge in [-0.25, -0.2) is 4.98 Å². The molecule has 4 nitrogen and oxygen atoms in total. The molecule has 0 atom stereocenters. The molecule has 0 unspecified atom stereocenters. The maximum absolute atomic E-state index is 14.2. The van der Waals surface area contributed by atoms with Crippen molar-refractivity contribution in [3.63, 3.8) is 0 Å². The first kappa shape index (κ1) is 14.1. The van der Waals surface area contributed by atoms with Crippen molar-refractivity contribution in [3.8, 4) is 6.07 Å². The van der Waals surface area contributed by atoms with Crippen molar-refractivity contribution in [1.29, 1.82) is 5.26 Å². The molecule has 22 heavy (non-hydrogen) atoms. The summed E-state index contributed by atoms with van der Waals surface area (Å²) in [5, 5.41) is 9.89. The predicted molar refractivity (Wildman–Crippen MR) is 74.5 cm³/mol. The van der Waals surface area contributed by atoms with Gasteiger partial charge in [-0.1, -0.05) is 12.1 Å². The van der Waals surface area contributed by atoms with Gasteiger partial charge in [0.15, 0.2) is 5.69 Å². The molecule has 0 amide bonds. The first-order valence-electron chi connectivity index (χ1n) is 6.68. The van der Waals surface area contributed by atoms with Gasteiger partial charge in [0.1, 0.15) is 17.2 Å². The van der Waals surface area contributed by atoms with E-state index in [4.69, 9.17) is 10.00 Å². The first-order valence-corrected chi connectivity index (χ1v) is 6.68. The summed E-state index contributed by atoms with van der Waals surface area (Å²) in [5.41, 5.74) is -0.322. The molecule has 0 aliphatic heterocycles. The molecule has 0 radical (unpaired) electrons. The van der Waals surface area contributed by atoms with Crippen LogP contribution in [-0.2, 0) is 10.8 Å². The summed E-state index contributed by atoms with van der Waals surface area (Å²) < 4.78 is 33.4. The molecule has 2 aromatic rings. The average Bonchev–Trinajstić information content (AvgIpc) is 2.55. The zero-order chi connectivity index (χ0) is 15.6. The first-order chi connectivity index (χ1) is 10.6. The van der Waals surface area contributed by atoms with Crippen LogP contribution in [0.2, 0.25) is 0 Å². The van der Waals surface area contributed by atoms with Crippen molar-refractivity contribution in [1.82, 2.24) is 9.97 Å². The van der Waals surface area contributed by atoms with E-state index in [1.165, 1.54) is 6.07 Å². The number of aromatic nitrogens is 2. The fraction of sp³-hybridized carbons (Fsp3) is 0.188. The van der Waals surface area contributed by atoms with Crippen molar-refractivity contribution >= 4 is 11.8 Å². The zero-order valence-corrected chi connectivity index (χ0v) is 11.5. The molecule has 1 aliphatic carbocycles. The van der Waals surface area contributed by atoms with Gasteiger partial charge in [0.2, 0.25) is 0 Å². The van der Waals surface area contributed by atoms with E-state index in [9.17, 15) is 8.78 Å². The van der Waals surface area contributed by atoms with Crippen LogP contribution in [0.5, 0.6) is 0 Å². The molecule has 2 heterocycles. The lowest BCUT2D eigenvalue weighted by molar-refractivity contribution is -0.210. The summed E-state index contributed by atoms with van der Waals surface area (Å²) in [6.45, 7) is 0. The van der Waals surface area contributed by atoms with E-state index < -0.39 is 11.8 Å². The summed E-state index contributed by atoms with van der Waals surface area (Å²) in [6, 6.07) is 7.76. The molecule has 0 N–H and O–H groups in total. The van der Waals surface area contributed by atoms with Crippen LogP contribution >= 0.6 is 0 Å². The van der Waals surface area contributed by atoms with Crippen LogP contribution in [0, 0.1) is 11.3 Å². The Hall–Kier alpha value is -2.81. The number of hydrogen-bond acceptors (Lipinski definition) is 4. The largest absolute Gasteiger partial charge is 0.443 e. The Morgan fingerprint density at radius 1 is 1.23 bits per heavy atom. The molecular weight excluding hydrogens is 288 g/mol. The van der Waals surface area contributed by atoms with Gasteiger partial charge in [-0.05, 0) is 29.8 Å². The van der Waals surface area contributed by atoms with Gasteiger partial charge in [0, 0.05) is 18.8 Å². The Labute approximate surface area is 125 Å². The lowest BCUT2D eigenvalue weighted by Gasteiger charge is -2.20. The van der Waals surface area contributed by atoms with E-state index in [1.54, 1.807) is 12.3 Å². The van der Waals surface area contributed by atoms with Crippen molar-refractivity contribution in [2.75, 3.05) is 0 Å². The van der Waals surface area contributed by atoms with Crippen LogP contribution in [0.15, 0.2) is 36.7 Å². The highest BCUT2D eigenvalue weighted by Crippen LogP contribution is 2.32. The van der Waals surface area contributed by atoms with Gasteiger partial charge in [0.25, 0.3) is 0 Å². The van der Waals surface area contributed by atoms with Crippen molar-refractivity contribution in [2.45, 2.75) is 19.0 Å². The predicted octanol–water partition coefficient (Wildman–Crippen LogP) is 1.80. The minimum Gasteiger partial charge on any atom is -0.430 e. The van der Waals surface area contributed by atoms with E-state index in [2.05, 4.69) is 9.97 Å². The molecule has 0 fully saturated rings. The van der Waals surface area contributed by atoms with E-state index in [0.29, 0.717) is 18.2 Å². The summed E-state index contributed by atoms with van der Waals surface area (Å²) in [6.07, 6.45) is 1.97. The quantitative estimate of drug-likeness (QED) is 0.867. The number of rotatable bonds is 3. The summed E-state index contributed by atoms with van der Waals surface area (Å²) in [5.74, 6) is 0.147. The van der Waals surface area contributed by atoms with Gasteiger partial charge in [0.05, 0.1) is 5.56 Å². The molecule has 0 aromatic carbocycles. The Balaban J connectivity index is 1.98. The lowest BCUT2D eigenvalue weighted by atomic mass is 10.1. The van der Waals surface area contributed by atoms with Gasteiger partial charge >= 0.3 is 6.11 Å². The van der Waals surface area contributed by atoms with Gasteiger partial charge < -0.3 is 4.74 Å². The second kappa shape index (κ2) is 5.53. The number of alkyl halides is 2. The number of halogens is 2. The average molecular weight is 299 g/mol. The minimum absolute atomic E-state index is 0.147. The standard InChI is InChI=1S/C16H11F2N3O/c17-16(18,14-7-6-11(9-19)10-21-14)22-13-5-1-3-12-4-2-8-20-15(12)13/h2-4,6-8,10H,1,5H2. The Bertz CT molecular complexity index is 854. The third kappa shape index (κ3) is 2.66. The molecular formula is C16H11F2N3O. The monoisotopic (exact) mass is 299 g/mol. The normalized spacial score (nSPS) is 13.8. The zero-order valence-electron chi connectivity index (χ0n) is 11.5. The molecule has 0 saturated carbocycles. The summed E-state index contributed by atoms with van der Waals surface area (Å²) in [7, 11) is 0. The highest BCUT2D eigenvalue weighted by atomic mass is 19.3. The van der Waals surface area contributed by atoms with Gasteiger partial charge in [-0.3, -0.25) is 4.98 Å². The van der Waals surface area contributed by atoms with E-state index in [1.807, 2.05) is 18.2 Å². The molecule has 0 bridgehead atoms. The Morgan fingerprint density at radius 3 is 2.82 bits per heavy atom. The lowest BCUT2D eigenvalue weighted by Crippen LogP contribution is -2.35. The van der Waals surface area contributed by atoms with Crippen molar-refractivity contribution in [2.24, 2.45) is 0 Å². The summed E-state index contributed by atoms with van der Waals surface area (Å²) in [4.78, 5) is 7.72. The van der Waals surface area contributed by atoms with Crippen LogP contribution < -0.4 is 10.6 Å². The summed E-state index contributed by atoms with van der Waals surface area (Å²) >= 11 is 0. The smallest absolute Gasteiger partial charge is 0.430 e. The number of nitrogens with zero attached hydrogens (tertiary/aromatic N) is 3. The molecule has 0 spiro atoms. The number of pyridine rings is 2. The van der Waals surface area contributed by atoms with E-state index >= 15 is 0 Å². The highest BCUT2D eigenvalue weighted by molar-refractivity contribution is 5.43. The maximum atomic E-state index is 14.2. The molecule has 3 rings (SSSR count). The van der Waals surface area contributed by atoms with Crippen LogP contribution in [0.4, 0.5) is 8.78 Å².